The Morgan fingerprint density at radius 1 is 1.25 bits per heavy atom. The summed E-state index contributed by atoms with van der Waals surface area (Å²) in [5.41, 5.74) is 1.37. The zero-order chi connectivity index (χ0) is 17.7. The lowest BCUT2D eigenvalue weighted by Gasteiger charge is -2.10. The standard InChI is InChI=1S/C16H17BrN2O4S/c1-23-14-8-7-12(10-15(14)24(18,21)22)19-16(20)9-6-11-4-2-3-5-13(11)17/h2-5,7-8,10H,6,9H2,1H3,(H,19,20)(H2,18,21,22). The number of anilines is 1. The van der Waals surface area contributed by atoms with Crippen LogP contribution in [0.5, 0.6) is 5.75 Å². The summed E-state index contributed by atoms with van der Waals surface area (Å²) in [6.07, 6.45) is 0.824. The van der Waals surface area contributed by atoms with Crippen molar-refractivity contribution in [2.24, 2.45) is 5.14 Å². The Morgan fingerprint density at radius 3 is 2.58 bits per heavy atom. The molecule has 24 heavy (non-hydrogen) atoms. The van der Waals surface area contributed by atoms with Gasteiger partial charge in [-0.05, 0) is 36.2 Å². The molecule has 2 aromatic rings. The van der Waals surface area contributed by atoms with Gasteiger partial charge in [-0.25, -0.2) is 13.6 Å². The molecule has 0 aliphatic carbocycles. The van der Waals surface area contributed by atoms with Gasteiger partial charge in [0.2, 0.25) is 15.9 Å². The van der Waals surface area contributed by atoms with E-state index in [9.17, 15) is 13.2 Å². The molecule has 2 rings (SSSR count). The number of sulfonamides is 1. The van der Waals surface area contributed by atoms with E-state index in [-0.39, 0.29) is 23.0 Å². The summed E-state index contributed by atoms with van der Waals surface area (Å²) < 4.78 is 29.1. The average molecular weight is 413 g/mol. The predicted molar refractivity (Wildman–Crippen MR) is 95.5 cm³/mol. The maximum Gasteiger partial charge on any atom is 0.241 e. The van der Waals surface area contributed by atoms with E-state index in [2.05, 4.69) is 21.2 Å². The lowest BCUT2D eigenvalue weighted by Crippen LogP contribution is -2.16. The van der Waals surface area contributed by atoms with Crippen LogP contribution in [-0.2, 0) is 21.2 Å². The summed E-state index contributed by atoms with van der Waals surface area (Å²) in [5, 5.41) is 7.82. The summed E-state index contributed by atoms with van der Waals surface area (Å²) in [7, 11) is -2.60. The van der Waals surface area contributed by atoms with E-state index in [1.165, 1.54) is 19.2 Å². The van der Waals surface area contributed by atoms with Crippen molar-refractivity contribution in [1.29, 1.82) is 0 Å². The number of rotatable bonds is 6. The molecule has 0 aliphatic heterocycles. The third-order valence-electron chi connectivity index (χ3n) is 3.33. The number of methoxy groups -OCH3 is 1. The number of aryl methyl sites for hydroxylation is 1. The summed E-state index contributed by atoms with van der Waals surface area (Å²) in [6, 6.07) is 11.9. The average Bonchev–Trinajstić information content (AvgIpc) is 2.53. The maximum atomic E-state index is 12.1. The zero-order valence-corrected chi connectivity index (χ0v) is 15.4. The number of benzene rings is 2. The molecule has 1 amide bonds. The van der Waals surface area contributed by atoms with Crippen molar-refractivity contribution in [2.45, 2.75) is 17.7 Å². The predicted octanol–water partition coefficient (Wildman–Crippen LogP) is 2.68. The lowest BCUT2D eigenvalue weighted by molar-refractivity contribution is -0.116. The molecule has 8 heteroatoms. The van der Waals surface area contributed by atoms with Gasteiger partial charge in [0, 0.05) is 16.6 Å². The first-order chi connectivity index (χ1) is 11.3. The monoisotopic (exact) mass is 412 g/mol. The molecule has 0 heterocycles. The Morgan fingerprint density at radius 2 is 1.96 bits per heavy atom. The van der Waals surface area contributed by atoms with Crippen LogP contribution >= 0.6 is 15.9 Å². The summed E-state index contributed by atoms with van der Waals surface area (Å²) in [4.78, 5) is 11.9. The number of ether oxygens (including phenoxy) is 1. The van der Waals surface area contributed by atoms with Crippen LogP contribution in [0.4, 0.5) is 5.69 Å². The van der Waals surface area contributed by atoms with Crippen LogP contribution in [0, 0.1) is 0 Å². The van der Waals surface area contributed by atoms with Crippen LogP contribution in [0.2, 0.25) is 0 Å². The molecule has 0 unspecified atom stereocenters. The fourth-order valence-electron chi connectivity index (χ4n) is 2.15. The number of carbonyl (C=O) groups is 1. The highest BCUT2D eigenvalue weighted by atomic mass is 79.9. The largest absolute Gasteiger partial charge is 0.495 e. The van der Waals surface area contributed by atoms with Gasteiger partial charge in [0.15, 0.2) is 0 Å². The minimum atomic E-state index is -3.95. The fraction of sp³-hybridized carbons (Fsp3) is 0.188. The molecular formula is C16H17BrN2O4S. The van der Waals surface area contributed by atoms with E-state index in [1.54, 1.807) is 6.07 Å². The van der Waals surface area contributed by atoms with Gasteiger partial charge in [-0.3, -0.25) is 4.79 Å². The normalized spacial score (nSPS) is 11.1. The van der Waals surface area contributed by atoms with Crippen LogP contribution in [0.3, 0.4) is 0 Å². The van der Waals surface area contributed by atoms with E-state index in [0.717, 1.165) is 10.0 Å². The second-order valence-corrected chi connectivity index (χ2v) is 7.43. The molecule has 0 atom stereocenters. The Labute approximate surface area is 149 Å². The number of hydrogen-bond acceptors (Lipinski definition) is 4. The molecule has 0 aliphatic rings. The van der Waals surface area contributed by atoms with Crippen molar-refractivity contribution < 1.29 is 17.9 Å². The highest BCUT2D eigenvalue weighted by Crippen LogP contribution is 2.26. The number of amides is 1. The van der Waals surface area contributed by atoms with E-state index >= 15 is 0 Å². The van der Waals surface area contributed by atoms with Crippen LogP contribution in [0.25, 0.3) is 0 Å². The Bertz CT molecular complexity index is 853. The summed E-state index contributed by atoms with van der Waals surface area (Å²) >= 11 is 3.43. The van der Waals surface area contributed by atoms with Gasteiger partial charge in [-0.2, -0.15) is 0 Å². The van der Waals surface area contributed by atoms with Gasteiger partial charge >= 0.3 is 0 Å². The molecule has 128 valence electrons. The summed E-state index contributed by atoms with van der Waals surface area (Å²) in [6.45, 7) is 0. The highest BCUT2D eigenvalue weighted by molar-refractivity contribution is 9.10. The van der Waals surface area contributed by atoms with Gasteiger partial charge < -0.3 is 10.1 Å². The molecule has 3 N–H and O–H groups in total. The molecule has 0 fully saturated rings. The number of nitrogens with one attached hydrogen (secondary N) is 1. The van der Waals surface area contributed by atoms with Crippen molar-refractivity contribution in [3.63, 3.8) is 0 Å². The second-order valence-electron chi connectivity index (χ2n) is 5.05. The maximum absolute atomic E-state index is 12.1. The number of nitrogens with two attached hydrogens (primary N) is 1. The minimum Gasteiger partial charge on any atom is -0.495 e. The summed E-state index contributed by atoms with van der Waals surface area (Å²) in [5.74, 6) is -0.0972. The first-order valence-electron chi connectivity index (χ1n) is 7.05. The van der Waals surface area contributed by atoms with Gasteiger partial charge in [-0.1, -0.05) is 34.1 Å². The Balaban J connectivity index is 2.08. The first kappa shape index (κ1) is 18.4. The number of hydrogen-bond donors (Lipinski definition) is 2. The van der Waals surface area contributed by atoms with Crippen molar-refractivity contribution in [2.75, 3.05) is 12.4 Å². The van der Waals surface area contributed by atoms with Crippen molar-refractivity contribution >= 4 is 37.5 Å². The number of primary sulfonamides is 1. The lowest BCUT2D eigenvalue weighted by atomic mass is 10.1. The van der Waals surface area contributed by atoms with Crippen molar-refractivity contribution in [1.82, 2.24) is 0 Å². The topological polar surface area (TPSA) is 98.5 Å². The Kier molecular flexibility index (Phi) is 5.98. The van der Waals surface area contributed by atoms with Crippen LogP contribution in [0.1, 0.15) is 12.0 Å². The molecule has 0 aromatic heterocycles. The molecule has 0 saturated heterocycles. The number of carbonyl (C=O) groups excluding carboxylic acids is 1. The molecule has 2 aromatic carbocycles. The molecule has 0 saturated carbocycles. The molecule has 0 spiro atoms. The van der Waals surface area contributed by atoms with Gasteiger partial charge in [0.1, 0.15) is 10.6 Å². The van der Waals surface area contributed by atoms with Crippen LogP contribution in [0.15, 0.2) is 51.8 Å². The quantitative estimate of drug-likeness (QED) is 0.761. The fourth-order valence-corrected chi connectivity index (χ4v) is 3.36. The van der Waals surface area contributed by atoms with Gasteiger partial charge in [0.25, 0.3) is 0 Å². The van der Waals surface area contributed by atoms with Gasteiger partial charge in [-0.15, -0.1) is 0 Å². The Hall–Kier alpha value is -1.90. The third kappa shape index (κ3) is 4.80. The van der Waals surface area contributed by atoms with Crippen LogP contribution in [-0.4, -0.2) is 21.4 Å². The van der Waals surface area contributed by atoms with Crippen molar-refractivity contribution in [3.05, 3.63) is 52.5 Å². The van der Waals surface area contributed by atoms with E-state index in [1.807, 2.05) is 24.3 Å². The SMILES string of the molecule is COc1ccc(NC(=O)CCc2ccccc2Br)cc1S(N)(=O)=O. The molecular weight excluding hydrogens is 396 g/mol. The van der Waals surface area contributed by atoms with Gasteiger partial charge in [0.05, 0.1) is 7.11 Å². The van der Waals surface area contributed by atoms with Crippen LogP contribution < -0.4 is 15.2 Å². The van der Waals surface area contributed by atoms with E-state index < -0.39 is 10.0 Å². The first-order valence-corrected chi connectivity index (χ1v) is 9.39. The second kappa shape index (κ2) is 7.78. The zero-order valence-electron chi connectivity index (χ0n) is 13.0. The molecule has 0 bridgehead atoms. The van der Waals surface area contributed by atoms with E-state index in [4.69, 9.17) is 9.88 Å². The molecule has 0 radical (unpaired) electrons. The number of halogens is 1. The van der Waals surface area contributed by atoms with Crippen molar-refractivity contribution in [3.8, 4) is 5.75 Å². The van der Waals surface area contributed by atoms with E-state index in [0.29, 0.717) is 12.1 Å². The molecule has 6 nitrogen and oxygen atoms in total. The minimum absolute atomic E-state index is 0.128. The highest BCUT2D eigenvalue weighted by Gasteiger charge is 2.16. The smallest absolute Gasteiger partial charge is 0.241 e. The third-order valence-corrected chi connectivity index (χ3v) is 5.04.